The second kappa shape index (κ2) is 6.55. The molecule has 2 unspecified atom stereocenters. The van der Waals surface area contributed by atoms with Crippen LogP contribution in [0.5, 0.6) is 5.75 Å². The van der Waals surface area contributed by atoms with Crippen molar-refractivity contribution in [3.05, 3.63) is 28.2 Å². The molecule has 100 valence electrons. The first kappa shape index (κ1) is 13.8. The van der Waals surface area contributed by atoms with Gasteiger partial charge in [-0.05, 0) is 24.6 Å². The molecular formula is C14H20BrNO2. The standard InChI is InChI=1S/C14H20BrNO2/c1-3-11(9-17-2)16-13-6-7-18-14-5-4-10(15)8-12(13)14/h4-5,8,11,13,16H,3,6-7,9H2,1-2H3. The Kier molecular flexibility index (Phi) is 5.03. The van der Waals surface area contributed by atoms with E-state index in [0.29, 0.717) is 12.1 Å². The smallest absolute Gasteiger partial charge is 0.124 e. The van der Waals surface area contributed by atoms with Crippen molar-refractivity contribution in [2.75, 3.05) is 20.3 Å². The van der Waals surface area contributed by atoms with Crippen molar-refractivity contribution in [3.63, 3.8) is 0 Å². The lowest BCUT2D eigenvalue weighted by atomic mass is 9.99. The van der Waals surface area contributed by atoms with Crippen LogP contribution in [-0.2, 0) is 4.74 Å². The molecule has 1 aliphatic rings. The van der Waals surface area contributed by atoms with E-state index in [1.54, 1.807) is 7.11 Å². The number of rotatable bonds is 5. The van der Waals surface area contributed by atoms with E-state index in [0.717, 1.165) is 36.3 Å². The quantitative estimate of drug-likeness (QED) is 0.905. The van der Waals surface area contributed by atoms with Crippen molar-refractivity contribution in [1.29, 1.82) is 0 Å². The molecular weight excluding hydrogens is 294 g/mol. The highest BCUT2D eigenvalue weighted by Gasteiger charge is 2.23. The summed E-state index contributed by atoms with van der Waals surface area (Å²) in [5.41, 5.74) is 1.24. The van der Waals surface area contributed by atoms with Crippen LogP contribution in [0.4, 0.5) is 0 Å². The Morgan fingerprint density at radius 2 is 2.39 bits per heavy atom. The maximum Gasteiger partial charge on any atom is 0.124 e. The van der Waals surface area contributed by atoms with E-state index < -0.39 is 0 Å². The van der Waals surface area contributed by atoms with Gasteiger partial charge in [-0.2, -0.15) is 0 Å². The van der Waals surface area contributed by atoms with Crippen LogP contribution in [0.1, 0.15) is 31.4 Å². The summed E-state index contributed by atoms with van der Waals surface area (Å²) < 4.78 is 12.0. The number of ether oxygens (including phenoxy) is 2. The molecule has 0 spiro atoms. The predicted octanol–water partition coefficient (Wildman–Crippen LogP) is 3.29. The van der Waals surface area contributed by atoms with Crippen LogP contribution >= 0.6 is 15.9 Å². The van der Waals surface area contributed by atoms with Crippen molar-refractivity contribution in [1.82, 2.24) is 5.32 Å². The SMILES string of the molecule is CCC(COC)NC1CCOc2ccc(Br)cc21. The lowest BCUT2D eigenvalue weighted by molar-refractivity contribution is 0.150. The van der Waals surface area contributed by atoms with E-state index in [9.17, 15) is 0 Å². The van der Waals surface area contributed by atoms with Crippen LogP contribution in [0.2, 0.25) is 0 Å². The Morgan fingerprint density at radius 3 is 3.11 bits per heavy atom. The number of hydrogen-bond acceptors (Lipinski definition) is 3. The van der Waals surface area contributed by atoms with Gasteiger partial charge in [-0.1, -0.05) is 22.9 Å². The van der Waals surface area contributed by atoms with Gasteiger partial charge >= 0.3 is 0 Å². The third kappa shape index (κ3) is 3.25. The predicted molar refractivity (Wildman–Crippen MR) is 76.1 cm³/mol. The van der Waals surface area contributed by atoms with E-state index in [-0.39, 0.29) is 0 Å². The first-order valence-electron chi connectivity index (χ1n) is 6.41. The molecule has 0 saturated carbocycles. The molecule has 0 aliphatic carbocycles. The molecule has 0 amide bonds. The molecule has 1 aliphatic heterocycles. The summed E-state index contributed by atoms with van der Waals surface area (Å²) in [6.45, 7) is 3.70. The van der Waals surface area contributed by atoms with Gasteiger partial charge < -0.3 is 14.8 Å². The summed E-state index contributed by atoms with van der Waals surface area (Å²) in [6.07, 6.45) is 2.07. The third-order valence-corrected chi connectivity index (χ3v) is 3.80. The number of halogens is 1. The molecule has 1 aromatic carbocycles. The van der Waals surface area contributed by atoms with E-state index in [4.69, 9.17) is 9.47 Å². The molecule has 3 nitrogen and oxygen atoms in total. The molecule has 0 aromatic heterocycles. The van der Waals surface area contributed by atoms with E-state index >= 15 is 0 Å². The maximum atomic E-state index is 5.69. The zero-order chi connectivity index (χ0) is 13.0. The van der Waals surface area contributed by atoms with E-state index in [2.05, 4.69) is 34.2 Å². The van der Waals surface area contributed by atoms with Gasteiger partial charge in [0.05, 0.1) is 13.2 Å². The Bertz CT molecular complexity index is 397. The summed E-state index contributed by atoms with van der Waals surface area (Å²) in [5, 5.41) is 3.66. The molecule has 1 aromatic rings. The number of hydrogen-bond donors (Lipinski definition) is 1. The second-order valence-corrected chi connectivity index (χ2v) is 5.51. The molecule has 4 heteroatoms. The van der Waals surface area contributed by atoms with Crippen molar-refractivity contribution < 1.29 is 9.47 Å². The molecule has 1 N–H and O–H groups in total. The second-order valence-electron chi connectivity index (χ2n) is 4.60. The largest absolute Gasteiger partial charge is 0.493 e. The highest BCUT2D eigenvalue weighted by atomic mass is 79.9. The Hall–Kier alpha value is -0.580. The van der Waals surface area contributed by atoms with Crippen molar-refractivity contribution >= 4 is 15.9 Å². The van der Waals surface area contributed by atoms with Crippen LogP contribution in [0.15, 0.2) is 22.7 Å². The summed E-state index contributed by atoms with van der Waals surface area (Å²) in [6, 6.07) is 6.94. The fraction of sp³-hybridized carbons (Fsp3) is 0.571. The van der Waals surface area contributed by atoms with Gasteiger partial charge in [-0.25, -0.2) is 0 Å². The summed E-state index contributed by atoms with van der Waals surface area (Å²) in [7, 11) is 1.75. The van der Waals surface area contributed by atoms with E-state index in [1.165, 1.54) is 5.56 Å². The van der Waals surface area contributed by atoms with Crippen LogP contribution in [0.25, 0.3) is 0 Å². The average molecular weight is 314 g/mol. The van der Waals surface area contributed by atoms with Crippen LogP contribution in [-0.4, -0.2) is 26.4 Å². The number of benzene rings is 1. The number of fused-ring (bicyclic) bond motifs is 1. The fourth-order valence-corrected chi connectivity index (χ4v) is 2.69. The summed E-state index contributed by atoms with van der Waals surface area (Å²) in [5.74, 6) is 0.995. The van der Waals surface area contributed by atoms with Crippen LogP contribution in [0, 0.1) is 0 Å². The van der Waals surface area contributed by atoms with Gasteiger partial charge in [0.1, 0.15) is 5.75 Å². The number of nitrogens with one attached hydrogen (secondary N) is 1. The number of methoxy groups -OCH3 is 1. The van der Waals surface area contributed by atoms with Gasteiger partial charge in [0.2, 0.25) is 0 Å². The molecule has 0 fully saturated rings. The molecule has 0 radical (unpaired) electrons. The van der Waals surface area contributed by atoms with Crippen LogP contribution < -0.4 is 10.1 Å². The monoisotopic (exact) mass is 313 g/mol. The van der Waals surface area contributed by atoms with E-state index in [1.807, 2.05) is 12.1 Å². The minimum Gasteiger partial charge on any atom is -0.493 e. The molecule has 0 saturated heterocycles. The highest BCUT2D eigenvalue weighted by molar-refractivity contribution is 9.10. The minimum absolute atomic E-state index is 0.353. The lowest BCUT2D eigenvalue weighted by Crippen LogP contribution is -2.37. The summed E-state index contributed by atoms with van der Waals surface area (Å²) >= 11 is 3.52. The third-order valence-electron chi connectivity index (χ3n) is 3.31. The molecule has 0 bridgehead atoms. The Morgan fingerprint density at radius 1 is 1.56 bits per heavy atom. The molecule has 18 heavy (non-hydrogen) atoms. The molecule has 2 atom stereocenters. The first-order chi connectivity index (χ1) is 8.74. The molecule has 1 heterocycles. The fourth-order valence-electron chi connectivity index (χ4n) is 2.31. The normalized spacial score (nSPS) is 20.1. The van der Waals surface area contributed by atoms with Gasteiger partial charge in [0, 0.05) is 35.7 Å². The lowest BCUT2D eigenvalue weighted by Gasteiger charge is -2.30. The zero-order valence-electron chi connectivity index (χ0n) is 10.9. The Labute approximate surface area is 117 Å². The zero-order valence-corrected chi connectivity index (χ0v) is 12.5. The highest BCUT2D eigenvalue weighted by Crippen LogP contribution is 2.34. The molecule has 2 rings (SSSR count). The van der Waals surface area contributed by atoms with Crippen molar-refractivity contribution in [2.45, 2.75) is 31.8 Å². The van der Waals surface area contributed by atoms with Gasteiger partial charge in [-0.15, -0.1) is 0 Å². The van der Waals surface area contributed by atoms with Crippen molar-refractivity contribution in [2.24, 2.45) is 0 Å². The topological polar surface area (TPSA) is 30.5 Å². The minimum atomic E-state index is 0.353. The van der Waals surface area contributed by atoms with Gasteiger partial charge in [0.25, 0.3) is 0 Å². The summed E-state index contributed by atoms with van der Waals surface area (Å²) in [4.78, 5) is 0. The Balaban J connectivity index is 2.13. The van der Waals surface area contributed by atoms with Crippen LogP contribution in [0.3, 0.4) is 0 Å². The van der Waals surface area contributed by atoms with Crippen molar-refractivity contribution in [3.8, 4) is 5.75 Å². The maximum absolute atomic E-state index is 5.69. The average Bonchev–Trinajstić information content (AvgIpc) is 2.38. The van der Waals surface area contributed by atoms with Gasteiger partial charge in [-0.3, -0.25) is 0 Å². The van der Waals surface area contributed by atoms with Gasteiger partial charge in [0.15, 0.2) is 0 Å². The first-order valence-corrected chi connectivity index (χ1v) is 7.21.